The zero-order chi connectivity index (χ0) is 18.1. The summed E-state index contributed by atoms with van der Waals surface area (Å²) in [6, 6.07) is 0.615. The summed E-state index contributed by atoms with van der Waals surface area (Å²) in [4.78, 5) is 0. The van der Waals surface area contributed by atoms with E-state index < -0.39 is 14.9 Å². The van der Waals surface area contributed by atoms with E-state index in [0.29, 0.717) is 65.3 Å². The summed E-state index contributed by atoms with van der Waals surface area (Å²) in [7, 11) is 1.99. The van der Waals surface area contributed by atoms with Crippen LogP contribution in [-0.4, -0.2) is 94.2 Å². The third-order valence-electron chi connectivity index (χ3n) is 2.96. The zero-order valence-corrected chi connectivity index (χ0v) is 16.5. The van der Waals surface area contributed by atoms with Crippen LogP contribution in [0.3, 0.4) is 0 Å². The maximum atomic E-state index is 9.21. The van der Waals surface area contributed by atoms with Crippen molar-refractivity contribution in [2.75, 3.05) is 74.2 Å². The van der Waals surface area contributed by atoms with Gasteiger partial charge >= 0.3 is 8.80 Å². The van der Waals surface area contributed by atoms with Gasteiger partial charge in [-0.1, -0.05) is 0 Å². The van der Waals surface area contributed by atoms with E-state index in [1.54, 1.807) is 28.3 Å². The molecule has 0 radical (unpaired) electrons. The Balaban J connectivity index is 4.53. The molecule has 8 nitrogen and oxygen atoms in total. The molecule has 146 valence electrons. The first kappa shape index (κ1) is 23.9. The quantitative estimate of drug-likeness (QED) is 0.279. The number of hydrogen-bond donors (Lipinski definition) is 1. The van der Waals surface area contributed by atoms with Crippen molar-refractivity contribution in [1.29, 1.82) is 0 Å². The molecule has 0 bridgehead atoms. The molecule has 0 aromatic rings. The first-order chi connectivity index (χ1) is 11.6. The summed E-state index contributed by atoms with van der Waals surface area (Å²) >= 11 is 0. The average Bonchev–Trinajstić information content (AvgIpc) is 2.55. The van der Waals surface area contributed by atoms with Crippen molar-refractivity contribution in [1.82, 2.24) is 0 Å². The van der Waals surface area contributed by atoms with Gasteiger partial charge in [-0.2, -0.15) is 0 Å². The molecular formula is C15H34O8Si. The minimum absolute atomic E-state index is 0.314. The SMILES string of the molecule is COCCO[Si](CCCOCC(C)O)(OCCOC)OCCOC. The molecule has 0 rings (SSSR count). The topological polar surface area (TPSA) is 84.8 Å². The van der Waals surface area contributed by atoms with Gasteiger partial charge in [0.05, 0.1) is 52.4 Å². The maximum absolute atomic E-state index is 9.21. The van der Waals surface area contributed by atoms with Gasteiger partial charge in [0, 0.05) is 34.0 Å². The summed E-state index contributed by atoms with van der Waals surface area (Å²) in [6.07, 6.45) is 0.243. The third-order valence-corrected chi connectivity index (χ3v) is 5.86. The van der Waals surface area contributed by atoms with Crippen LogP contribution in [0.2, 0.25) is 6.04 Å². The second-order valence-corrected chi connectivity index (χ2v) is 7.97. The minimum Gasteiger partial charge on any atom is -0.391 e. The molecule has 24 heavy (non-hydrogen) atoms. The van der Waals surface area contributed by atoms with Gasteiger partial charge in [-0.3, -0.25) is 0 Å². The molecule has 9 heteroatoms. The van der Waals surface area contributed by atoms with Crippen molar-refractivity contribution in [2.45, 2.75) is 25.5 Å². The van der Waals surface area contributed by atoms with Gasteiger partial charge in [0.1, 0.15) is 0 Å². The number of hydrogen-bond acceptors (Lipinski definition) is 8. The van der Waals surface area contributed by atoms with Gasteiger partial charge in [-0.15, -0.1) is 0 Å². The fourth-order valence-corrected chi connectivity index (χ4v) is 4.27. The van der Waals surface area contributed by atoms with Crippen molar-refractivity contribution in [3.63, 3.8) is 0 Å². The van der Waals surface area contributed by atoms with Crippen LogP contribution in [0.1, 0.15) is 13.3 Å². The van der Waals surface area contributed by atoms with Crippen LogP contribution >= 0.6 is 0 Å². The van der Waals surface area contributed by atoms with Gasteiger partial charge < -0.3 is 37.3 Å². The van der Waals surface area contributed by atoms with E-state index >= 15 is 0 Å². The molecule has 0 amide bonds. The van der Waals surface area contributed by atoms with Crippen molar-refractivity contribution in [2.24, 2.45) is 0 Å². The van der Waals surface area contributed by atoms with E-state index in [0.717, 1.165) is 0 Å². The standard InChI is InChI=1S/C15H34O8Si/c1-15(16)14-20-6-5-13-24(21-10-7-17-2,22-11-8-18-3)23-12-9-19-4/h15-16H,5-14H2,1-4H3. The number of ether oxygens (including phenoxy) is 4. The van der Waals surface area contributed by atoms with Crippen molar-refractivity contribution < 1.29 is 37.3 Å². The number of methoxy groups -OCH3 is 3. The van der Waals surface area contributed by atoms with E-state index in [4.69, 9.17) is 32.2 Å². The first-order valence-corrected chi connectivity index (χ1v) is 10.2. The Morgan fingerprint density at radius 3 is 1.58 bits per heavy atom. The Labute approximate surface area is 146 Å². The van der Waals surface area contributed by atoms with E-state index in [1.807, 2.05) is 0 Å². The largest absolute Gasteiger partial charge is 0.501 e. The normalized spacial score (nSPS) is 13.4. The van der Waals surface area contributed by atoms with Crippen LogP contribution in [0.4, 0.5) is 0 Å². The number of aliphatic hydroxyl groups excluding tert-OH is 1. The zero-order valence-electron chi connectivity index (χ0n) is 15.5. The molecule has 1 atom stereocenters. The molecule has 0 aromatic carbocycles. The fraction of sp³-hybridized carbons (Fsp3) is 1.00. The van der Waals surface area contributed by atoms with Gasteiger partial charge in [0.25, 0.3) is 0 Å². The van der Waals surface area contributed by atoms with Crippen LogP contribution < -0.4 is 0 Å². The predicted molar refractivity (Wildman–Crippen MR) is 91.2 cm³/mol. The van der Waals surface area contributed by atoms with Crippen molar-refractivity contribution in [3.05, 3.63) is 0 Å². The van der Waals surface area contributed by atoms with Crippen LogP contribution in [0.25, 0.3) is 0 Å². The van der Waals surface area contributed by atoms with Gasteiger partial charge in [0.2, 0.25) is 0 Å². The lowest BCUT2D eigenvalue weighted by Crippen LogP contribution is -2.48. The highest BCUT2D eigenvalue weighted by Crippen LogP contribution is 2.18. The van der Waals surface area contributed by atoms with Crippen LogP contribution in [0, 0.1) is 0 Å². The molecule has 0 spiro atoms. The Hall–Kier alpha value is -0.103. The number of rotatable bonds is 18. The summed E-state index contributed by atoms with van der Waals surface area (Å²) in [6.45, 7) is 5.11. The Kier molecular flexibility index (Phi) is 16.3. The maximum Gasteiger partial charge on any atom is 0.501 e. The first-order valence-electron chi connectivity index (χ1n) is 8.24. The molecule has 1 unspecified atom stereocenters. The Bertz CT molecular complexity index is 241. The number of aliphatic hydroxyl groups is 1. The van der Waals surface area contributed by atoms with Crippen LogP contribution in [0.15, 0.2) is 0 Å². The summed E-state index contributed by atoms with van der Waals surface area (Å²) in [5.74, 6) is 0. The predicted octanol–water partition coefficient (Wildman–Crippen LogP) is 0.702. The average molecular weight is 371 g/mol. The highest BCUT2D eigenvalue weighted by molar-refractivity contribution is 6.60. The summed E-state index contributed by atoms with van der Waals surface area (Å²) < 4.78 is 38.4. The highest BCUT2D eigenvalue weighted by Gasteiger charge is 2.40. The lowest BCUT2D eigenvalue weighted by Gasteiger charge is -2.29. The Morgan fingerprint density at radius 2 is 1.21 bits per heavy atom. The molecular weight excluding hydrogens is 336 g/mol. The second-order valence-electron chi connectivity index (χ2n) is 5.23. The van der Waals surface area contributed by atoms with Crippen LogP contribution in [0.5, 0.6) is 0 Å². The van der Waals surface area contributed by atoms with E-state index in [2.05, 4.69) is 0 Å². The van der Waals surface area contributed by atoms with Crippen LogP contribution in [-0.2, 0) is 32.2 Å². The summed E-state index contributed by atoms with van der Waals surface area (Å²) in [5, 5.41) is 9.21. The van der Waals surface area contributed by atoms with E-state index in [-0.39, 0.29) is 0 Å². The van der Waals surface area contributed by atoms with E-state index in [9.17, 15) is 5.11 Å². The molecule has 0 heterocycles. The third kappa shape index (κ3) is 13.2. The van der Waals surface area contributed by atoms with E-state index in [1.165, 1.54) is 0 Å². The lowest BCUT2D eigenvalue weighted by molar-refractivity contribution is 0.0107. The lowest BCUT2D eigenvalue weighted by atomic mass is 10.4. The smallest absolute Gasteiger partial charge is 0.391 e. The van der Waals surface area contributed by atoms with Crippen molar-refractivity contribution in [3.8, 4) is 0 Å². The fourth-order valence-electron chi connectivity index (χ4n) is 1.83. The molecule has 0 aliphatic heterocycles. The molecule has 0 saturated carbocycles. The molecule has 1 N–H and O–H groups in total. The van der Waals surface area contributed by atoms with Crippen molar-refractivity contribution >= 4 is 8.80 Å². The molecule has 0 saturated heterocycles. The van der Waals surface area contributed by atoms with Gasteiger partial charge in [-0.25, -0.2) is 0 Å². The summed E-state index contributed by atoms with van der Waals surface area (Å²) in [5.41, 5.74) is 0. The Morgan fingerprint density at radius 1 is 0.750 bits per heavy atom. The molecule has 0 aliphatic carbocycles. The van der Waals surface area contributed by atoms with Gasteiger partial charge in [-0.05, 0) is 13.3 Å². The highest BCUT2D eigenvalue weighted by atomic mass is 28.4. The molecule has 0 aliphatic rings. The minimum atomic E-state index is -2.87. The second kappa shape index (κ2) is 16.4. The molecule has 0 aromatic heterocycles. The monoisotopic (exact) mass is 370 g/mol. The molecule has 0 fully saturated rings. The van der Waals surface area contributed by atoms with Gasteiger partial charge in [0.15, 0.2) is 0 Å².